The summed E-state index contributed by atoms with van der Waals surface area (Å²) in [7, 11) is -1.66. The van der Waals surface area contributed by atoms with Crippen LogP contribution in [0.2, 0.25) is 13.1 Å². The van der Waals surface area contributed by atoms with Crippen molar-refractivity contribution in [3.8, 4) is 0 Å². The Morgan fingerprint density at radius 1 is 1.04 bits per heavy atom. The molecule has 23 heavy (non-hydrogen) atoms. The van der Waals surface area contributed by atoms with E-state index in [1.165, 1.54) is 5.19 Å². The number of ether oxygens (including phenoxy) is 1. The zero-order valence-corrected chi connectivity index (χ0v) is 14.8. The topological polar surface area (TPSA) is 38.3 Å². The fraction of sp³-hybridized carbons (Fsp3) is 0.211. The molecule has 0 saturated carbocycles. The molecule has 2 aromatic carbocycles. The van der Waals surface area contributed by atoms with E-state index in [1.54, 1.807) is 0 Å². The van der Waals surface area contributed by atoms with E-state index >= 15 is 0 Å². The number of amides is 1. The van der Waals surface area contributed by atoms with Crippen LogP contribution in [0.25, 0.3) is 0 Å². The zero-order valence-electron chi connectivity index (χ0n) is 13.8. The van der Waals surface area contributed by atoms with E-state index in [0.29, 0.717) is 0 Å². The molecule has 0 aliphatic carbocycles. The number of hydrogen-bond donors (Lipinski definition) is 1. The van der Waals surface area contributed by atoms with Gasteiger partial charge in [0.1, 0.15) is 14.2 Å². The molecule has 0 unspecified atom stereocenters. The number of rotatable bonds is 5. The average Bonchev–Trinajstić information content (AvgIpc) is 2.55. The standard InChI is InChI=1S/C19H23NO2Si/c1-16(22-19(21)20-17-10-6-4-7-11-17)14-15-23(2,3)18-12-8-5-9-13-18/h4-16H,1-3H3,(H,20,21)/b15-14+/t16-/m1/s1. The van der Waals surface area contributed by atoms with Gasteiger partial charge in [0, 0.05) is 5.69 Å². The first-order valence-corrected chi connectivity index (χ1v) is 10.8. The minimum Gasteiger partial charge on any atom is -0.442 e. The van der Waals surface area contributed by atoms with Crippen molar-refractivity contribution in [3.63, 3.8) is 0 Å². The second-order valence-corrected chi connectivity index (χ2v) is 10.4. The van der Waals surface area contributed by atoms with Crippen molar-refractivity contribution in [2.24, 2.45) is 0 Å². The third-order valence-corrected chi connectivity index (χ3v) is 6.46. The molecule has 4 heteroatoms. The predicted molar refractivity (Wildman–Crippen MR) is 98.7 cm³/mol. The van der Waals surface area contributed by atoms with Crippen LogP contribution in [0.15, 0.2) is 72.4 Å². The molecule has 0 bridgehead atoms. The maximum Gasteiger partial charge on any atom is 0.412 e. The van der Waals surface area contributed by atoms with Gasteiger partial charge in [-0.25, -0.2) is 4.79 Å². The minimum atomic E-state index is -1.66. The highest BCUT2D eigenvalue weighted by atomic mass is 28.3. The van der Waals surface area contributed by atoms with Gasteiger partial charge in [-0.15, -0.1) is 0 Å². The van der Waals surface area contributed by atoms with Gasteiger partial charge in [0.05, 0.1) is 0 Å². The molecule has 0 radical (unpaired) electrons. The smallest absolute Gasteiger partial charge is 0.412 e. The van der Waals surface area contributed by atoms with E-state index in [4.69, 9.17) is 4.74 Å². The summed E-state index contributed by atoms with van der Waals surface area (Å²) in [6.07, 6.45) is 1.27. The van der Waals surface area contributed by atoms with Gasteiger partial charge in [-0.05, 0) is 19.1 Å². The van der Waals surface area contributed by atoms with Crippen LogP contribution in [0.5, 0.6) is 0 Å². The van der Waals surface area contributed by atoms with E-state index in [-0.39, 0.29) is 6.10 Å². The van der Waals surface area contributed by atoms with Gasteiger partial charge < -0.3 is 4.74 Å². The van der Waals surface area contributed by atoms with Crippen molar-refractivity contribution in [2.45, 2.75) is 26.1 Å². The Hall–Kier alpha value is -2.33. The number of nitrogens with one attached hydrogen (secondary N) is 1. The lowest BCUT2D eigenvalue weighted by Crippen LogP contribution is -2.39. The van der Waals surface area contributed by atoms with Crippen LogP contribution in [0.4, 0.5) is 10.5 Å². The summed E-state index contributed by atoms with van der Waals surface area (Å²) in [4.78, 5) is 11.9. The Bertz CT molecular complexity index is 654. The molecule has 2 rings (SSSR count). The fourth-order valence-corrected chi connectivity index (χ4v) is 4.21. The van der Waals surface area contributed by atoms with E-state index < -0.39 is 14.2 Å². The number of para-hydroxylation sites is 1. The maximum atomic E-state index is 11.9. The molecule has 120 valence electrons. The van der Waals surface area contributed by atoms with Gasteiger partial charge in [0.2, 0.25) is 0 Å². The quantitative estimate of drug-likeness (QED) is 0.831. The Labute approximate surface area is 139 Å². The first-order chi connectivity index (χ1) is 11.0. The molecule has 0 heterocycles. The highest BCUT2D eigenvalue weighted by molar-refractivity contribution is 6.93. The molecule has 0 aliphatic rings. The third-order valence-electron chi connectivity index (χ3n) is 3.61. The summed E-state index contributed by atoms with van der Waals surface area (Å²) < 4.78 is 5.37. The van der Waals surface area contributed by atoms with Crippen LogP contribution in [-0.2, 0) is 4.74 Å². The van der Waals surface area contributed by atoms with Crippen LogP contribution in [0, 0.1) is 0 Å². The first kappa shape index (κ1) is 17.0. The number of carbonyl (C=O) groups is 1. The van der Waals surface area contributed by atoms with Crippen LogP contribution in [0.1, 0.15) is 6.92 Å². The lowest BCUT2D eigenvalue weighted by atomic mass is 10.3. The second kappa shape index (κ2) is 7.79. The summed E-state index contributed by atoms with van der Waals surface area (Å²) in [6, 6.07) is 19.8. The van der Waals surface area contributed by atoms with Gasteiger partial charge in [0.25, 0.3) is 0 Å². The number of carbonyl (C=O) groups excluding carboxylic acids is 1. The number of benzene rings is 2. The summed E-state index contributed by atoms with van der Waals surface area (Å²) in [5.74, 6) is 0. The van der Waals surface area contributed by atoms with E-state index in [2.05, 4.69) is 48.4 Å². The average molecular weight is 325 g/mol. The van der Waals surface area contributed by atoms with Crippen molar-refractivity contribution >= 4 is 25.0 Å². The van der Waals surface area contributed by atoms with E-state index in [9.17, 15) is 4.79 Å². The van der Waals surface area contributed by atoms with Gasteiger partial charge in [-0.1, -0.05) is 78.6 Å². The molecule has 0 spiro atoms. The third kappa shape index (κ3) is 5.42. The molecule has 1 N–H and O–H groups in total. The number of anilines is 1. The minimum absolute atomic E-state index is 0.269. The molecule has 0 saturated heterocycles. The molecular weight excluding hydrogens is 302 g/mol. The first-order valence-electron chi connectivity index (χ1n) is 7.75. The van der Waals surface area contributed by atoms with E-state index in [1.807, 2.05) is 49.4 Å². The molecule has 2 aromatic rings. The monoisotopic (exact) mass is 325 g/mol. The fourth-order valence-electron chi connectivity index (χ4n) is 2.22. The van der Waals surface area contributed by atoms with Crippen molar-refractivity contribution in [1.82, 2.24) is 0 Å². The molecule has 0 aliphatic heterocycles. The Morgan fingerprint density at radius 3 is 2.22 bits per heavy atom. The van der Waals surface area contributed by atoms with Crippen molar-refractivity contribution in [3.05, 3.63) is 72.4 Å². The Balaban J connectivity index is 1.91. The van der Waals surface area contributed by atoms with Gasteiger partial charge in [0.15, 0.2) is 0 Å². The lowest BCUT2D eigenvalue weighted by molar-refractivity contribution is 0.142. The SMILES string of the molecule is C[C@H](/C=C/[Si](C)(C)c1ccccc1)OC(=O)Nc1ccccc1. The second-order valence-electron chi connectivity index (χ2n) is 6.05. The molecular formula is C19H23NO2Si. The van der Waals surface area contributed by atoms with Crippen molar-refractivity contribution in [1.29, 1.82) is 0 Å². The van der Waals surface area contributed by atoms with Crippen LogP contribution < -0.4 is 10.5 Å². The van der Waals surface area contributed by atoms with E-state index in [0.717, 1.165) is 5.69 Å². The highest BCUT2D eigenvalue weighted by Gasteiger charge is 2.19. The summed E-state index contributed by atoms with van der Waals surface area (Å²) in [6.45, 7) is 6.42. The normalized spacial score (nSPS) is 12.8. The number of hydrogen-bond acceptors (Lipinski definition) is 2. The summed E-state index contributed by atoms with van der Waals surface area (Å²) in [5, 5.41) is 4.08. The van der Waals surface area contributed by atoms with Crippen LogP contribution >= 0.6 is 0 Å². The summed E-state index contributed by atoms with van der Waals surface area (Å²) >= 11 is 0. The summed E-state index contributed by atoms with van der Waals surface area (Å²) in [5.41, 5.74) is 2.94. The van der Waals surface area contributed by atoms with Crippen molar-refractivity contribution in [2.75, 3.05) is 5.32 Å². The molecule has 3 nitrogen and oxygen atoms in total. The Kier molecular flexibility index (Phi) is 5.76. The highest BCUT2D eigenvalue weighted by Crippen LogP contribution is 2.09. The van der Waals surface area contributed by atoms with Gasteiger partial charge >= 0.3 is 6.09 Å². The lowest BCUT2D eigenvalue weighted by Gasteiger charge is -2.19. The molecule has 1 amide bonds. The molecule has 0 fully saturated rings. The maximum absolute atomic E-state index is 11.9. The van der Waals surface area contributed by atoms with Crippen molar-refractivity contribution < 1.29 is 9.53 Å². The van der Waals surface area contributed by atoms with Gasteiger partial charge in [-0.3, -0.25) is 5.32 Å². The van der Waals surface area contributed by atoms with Crippen LogP contribution in [0.3, 0.4) is 0 Å². The predicted octanol–water partition coefficient (Wildman–Crippen LogP) is 4.33. The largest absolute Gasteiger partial charge is 0.442 e. The van der Waals surface area contributed by atoms with Crippen LogP contribution in [-0.4, -0.2) is 20.3 Å². The van der Waals surface area contributed by atoms with Gasteiger partial charge in [-0.2, -0.15) is 0 Å². The molecule has 0 aromatic heterocycles. The zero-order chi connectivity index (χ0) is 16.7. The molecule has 1 atom stereocenters. The Morgan fingerprint density at radius 2 is 1.61 bits per heavy atom.